The van der Waals surface area contributed by atoms with E-state index in [0.717, 1.165) is 122 Å². The highest BCUT2D eigenvalue weighted by atomic mass is 16.6. The van der Waals surface area contributed by atoms with E-state index < -0.39 is 6.10 Å². The van der Waals surface area contributed by atoms with Gasteiger partial charge in [-0.2, -0.15) is 0 Å². The van der Waals surface area contributed by atoms with E-state index in [1.54, 1.807) is 0 Å². The molecule has 77 heavy (non-hydrogen) atoms. The molecule has 0 aliphatic carbocycles. The van der Waals surface area contributed by atoms with Crippen LogP contribution in [0.1, 0.15) is 303 Å². The van der Waals surface area contributed by atoms with E-state index in [1.165, 1.54) is 141 Å². The van der Waals surface area contributed by atoms with Crippen LogP contribution in [-0.2, 0) is 28.6 Å². The topological polar surface area (TPSA) is 78.9 Å². The summed E-state index contributed by atoms with van der Waals surface area (Å²) in [6.07, 6.45) is 88.6. The lowest BCUT2D eigenvalue weighted by atomic mass is 10.0. The van der Waals surface area contributed by atoms with Gasteiger partial charge in [0.15, 0.2) is 6.10 Å². The van der Waals surface area contributed by atoms with Gasteiger partial charge in [0.2, 0.25) is 0 Å². The van der Waals surface area contributed by atoms with Crippen LogP contribution in [0.2, 0.25) is 0 Å². The van der Waals surface area contributed by atoms with E-state index in [-0.39, 0.29) is 31.1 Å². The third kappa shape index (κ3) is 62.8. The number of carbonyl (C=O) groups excluding carboxylic acids is 3. The zero-order valence-corrected chi connectivity index (χ0v) is 50.4. The van der Waals surface area contributed by atoms with Gasteiger partial charge < -0.3 is 14.2 Å². The van der Waals surface area contributed by atoms with E-state index in [4.69, 9.17) is 14.2 Å². The maximum atomic E-state index is 12.8. The standard InChI is InChI=1S/C71H120O6/c1-4-7-10-13-15-17-19-21-23-25-27-29-31-32-33-34-35-36-37-38-40-41-43-45-47-49-51-53-55-58-61-64-70(73)76-67-68(66-75-69(72)63-60-57-12-9-6-3)77-71(74)65-62-59-56-54-52-50-48-46-44-42-39-30-28-26-24-22-20-18-16-14-11-8-5-2/h7,10,15,17,20-23,26-29,32-33,35-36,38,40,68H,4-6,8-9,11-14,16,18-19,24-25,30-31,34,37,39,41-67H2,1-3H3/b10-7-,17-15-,22-20-,23-21-,28-26-,29-27-,33-32-,36-35-,40-38-. The maximum absolute atomic E-state index is 12.8. The predicted octanol–water partition coefficient (Wildman–Crippen LogP) is 22.2. The number of esters is 3. The summed E-state index contributed by atoms with van der Waals surface area (Å²) in [5.41, 5.74) is 0. The molecule has 440 valence electrons. The molecule has 0 amide bonds. The Morgan fingerprint density at radius 3 is 0.792 bits per heavy atom. The van der Waals surface area contributed by atoms with Gasteiger partial charge in [-0.25, -0.2) is 0 Å². The van der Waals surface area contributed by atoms with E-state index in [9.17, 15) is 14.4 Å². The second-order valence-corrected chi connectivity index (χ2v) is 21.3. The summed E-state index contributed by atoms with van der Waals surface area (Å²) in [7, 11) is 0. The Labute approximate surface area is 476 Å². The van der Waals surface area contributed by atoms with Crippen LogP contribution in [0.5, 0.6) is 0 Å². The largest absolute Gasteiger partial charge is 0.462 e. The molecule has 0 aromatic rings. The molecule has 1 atom stereocenters. The number of allylic oxidation sites excluding steroid dienone is 18. The molecule has 0 rings (SSSR count). The quantitative estimate of drug-likeness (QED) is 0.0261. The van der Waals surface area contributed by atoms with Gasteiger partial charge in [-0.1, -0.05) is 284 Å². The summed E-state index contributed by atoms with van der Waals surface area (Å²) in [4.78, 5) is 37.9. The highest BCUT2D eigenvalue weighted by Crippen LogP contribution is 2.16. The van der Waals surface area contributed by atoms with Gasteiger partial charge in [-0.05, 0) is 109 Å². The van der Waals surface area contributed by atoms with Crippen molar-refractivity contribution in [2.24, 2.45) is 0 Å². The minimum Gasteiger partial charge on any atom is -0.462 e. The number of unbranched alkanes of at least 4 members (excludes halogenated alkanes) is 29. The number of carbonyl (C=O) groups is 3. The first-order valence-corrected chi connectivity index (χ1v) is 32.4. The van der Waals surface area contributed by atoms with Crippen LogP contribution in [-0.4, -0.2) is 37.2 Å². The van der Waals surface area contributed by atoms with Crippen LogP contribution < -0.4 is 0 Å². The number of hydrogen-bond donors (Lipinski definition) is 0. The van der Waals surface area contributed by atoms with Gasteiger partial charge in [0.05, 0.1) is 0 Å². The van der Waals surface area contributed by atoms with Crippen molar-refractivity contribution < 1.29 is 28.6 Å². The zero-order chi connectivity index (χ0) is 55.7. The molecule has 0 aromatic heterocycles. The summed E-state index contributed by atoms with van der Waals surface area (Å²) in [6, 6.07) is 0. The van der Waals surface area contributed by atoms with Gasteiger partial charge in [0.25, 0.3) is 0 Å². The fourth-order valence-electron chi connectivity index (χ4n) is 8.92. The summed E-state index contributed by atoms with van der Waals surface area (Å²) < 4.78 is 16.8. The minimum absolute atomic E-state index is 0.0805. The lowest BCUT2D eigenvalue weighted by molar-refractivity contribution is -0.167. The molecule has 0 aliphatic heterocycles. The third-order valence-electron chi connectivity index (χ3n) is 13.8. The molecule has 0 N–H and O–H groups in total. The fraction of sp³-hybridized carbons (Fsp3) is 0.704. The second-order valence-electron chi connectivity index (χ2n) is 21.3. The van der Waals surface area contributed by atoms with Crippen molar-refractivity contribution in [2.75, 3.05) is 13.2 Å². The van der Waals surface area contributed by atoms with Gasteiger partial charge in [-0.3, -0.25) is 14.4 Å². The van der Waals surface area contributed by atoms with Crippen LogP contribution in [0.4, 0.5) is 0 Å². The average molecular weight is 1070 g/mol. The molecule has 6 heteroatoms. The second kappa shape index (κ2) is 64.6. The van der Waals surface area contributed by atoms with Crippen LogP contribution >= 0.6 is 0 Å². The van der Waals surface area contributed by atoms with Gasteiger partial charge >= 0.3 is 17.9 Å². The minimum atomic E-state index is -0.779. The lowest BCUT2D eigenvalue weighted by Gasteiger charge is -2.18. The number of ether oxygens (including phenoxy) is 3. The molecule has 6 nitrogen and oxygen atoms in total. The fourth-order valence-corrected chi connectivity index (χ4v) is 8.92. The Morgan fingerprint density at radius 1 is 0.273 bits per heavy atom. The van der Waals surface area contributed by atoms with Crippen molar-refractivity contribution in [1.82, 2.24) is 0 Å². The first-order valence-electron chi connectivity index (χ1n) is 32.4. The molecule has 0 saturated heterocycles. The molecule has 0 heterocycles. The molecule has 0 aliphatic rings. The van der Waals surface area contributed by atoms with Crippen LogP contribution in [0.3, 0.4) is 0 Å². The van der Waals surface area contributed by atoms with Crippen molar-refractivity contribution in [2.45, 2.75) is 309 Å². The molecular formula is C71H120O6. The predicted molar refractivity (Wildman–Crippen MR) is 334 cm³/mol. The molecule has 0 bridgehead atoms. The van der Waals surface area contributed by atoms with Gasteiger partial charge in [0.1, 0.15) is 13.2 Å². The summed E-state index contributed by atoms with van der Waals surface area (Å²) >= 11 is 0. The Morgan fingerprint density at radius 2 is 0.506 bits per heavy atom. The summed E-state index contributed by atoms with van der Waals surface area (Å²) in [5, 5.41) is 0. The maximum Gasteiger partial charge on any atom is 0.306 e. The van der Waals surface area contributed by atoms with Crippen molar-refractivity contribution >= 4 is 17.9 Å². The molecule has 0 saturated carbocycles. The van der Waals surface area contributed by atoms with E-state index in [0.29, 0.717) is 19.3 Å². The monoisotopic (exact) mass is 1070 g/mol. The van der Waals surface area contributed by atoms with Gasteiger partial charge in [-0.15, -0.1) is 0 Å². The first kappa shape index (κ1) is 73.1. The molecular weight excluding hydrogens is 949 g/mol. The van der Waals surface area contributed by atoms with Crippen LogP contribution in [0, 0.1) is 0 Å². The van der Waals surface area contributed by atoms with E-state index in [1.807, 2.05) is 0 Å². The van der Waals surface area contributed by atoms with Gasteiger partial charge in [0, 0.05) is 19.3 Å². The van der Waals surface area contributed by atoms with E-state index >= 15 is 0 Å². The normalized spacial score (nSPS) is 12.8. The highest BCUT2D eigenvalue weighted by Gasteiger charge is 2.19. The van der Waals surface area contributed by atoms with Crippen LogP contribution in [0.15, 0.2) is 109 Å². The molecule has 0 fully saturated rings. The van der Waals surface area contributed by atoms with Crippen molar-refractivity contribution in [3.63, 3.8) is 0 Å². The van der Waals surface area contributed by atoms with Crippen molar-refractivity contribution in [1.29, 1.82) is 0 Å². The molecule has 1 unspecified atom stereocenters. The Bertz CT molecular complexity index is 1560. The van der Waals surface area contributed by atoms with Crippen molar-refractivity contribution in [3.05, 3.63) is 109 Å². The highest BCUT2D eigenvalue weighted by molar-refractivity contribution is 5.71. The summed E-state index contributed by atoms with van der Waals surface area (Å²) in [6.45, 7) is 6.44. The number of hydrogen-bond acceptors (Lipinski definition) is 6. The number of rotatable bonds is 58. The smallest absolute Gasteiger partial charge is 0.306 e. The van der Waals surface area contributed by atoms with E-state index in [2.05, 4.69) is 130 Å². The zero-order valence-electron chi connectivity index (χ0n) is 50.4. The summed E-state index contributed by atoms with van der Waals surface area (Å²) in [5.74, 6) is -0.897. The lowest BCUT2D eigenvalue weighted by Crippen LogP contribution is -2.30. The SMILES string of the molecule is CC/C=C\C/C=C\C/C=C\C/C=C\C/C=C\C/C=C\C/C=C\CCCCCCCCCCCC(=O)OCC(COC(=O)CCCCCCC)OC(=O)CCCCCCCCCCCCC/C=C\C/C=C\CCCCCCC. The Kier molecular flexibility index (Phi) is 61.3. The third-order valence-corrected chi connectivity index (χ3v) is 13.8. The first-order chi connectivity index (χ1) is 38.0. The Hall–Kier alpha value is -3.93. The average Bonchev–Trinajstić information content (AvgIpc) is 3.43. The van der Waals surface area contributed by atoms with Crippen LogP contribution in [0.25, 0.3) is 0 Å². The molecule has 0 aromatic carbocycles. The molecule has 0 spiro atoms. The Balaban J connectivity index is 4.07. The molecule has 0 radical (unpaired) electrons. The van der Waals surface area contributed by atoms with Crippen molar-refractivity contribution in [3.8, 4) is 0 Å².